The molecule has 24 heavy (non-hydrogen) atoms. The van der Waals surface area contributed by atoms with E-state index in [2.05, 4.69) is 5.32 Å². The predicted molar refractivity (Wildman–Crippen MR) is 85.4 cm³/mol. The van der Waals surface area contributed by atoms with E-state index in [0.717, 1.165) is 31.0 Å². The molecule has 1 heterocycles. The van der Waals surface area contributed by atoms with Crippen LogP contribution in [0.1, 0.15) is 26.7 Å². The summed E-state index contributed by atoms with van der Waals surface area (Å²) in [4.78, 5) is 26.0. The molecular weight excluding hydrogens is 318 g/mol. The van der Waals surface area contributed by atoms with Crippen LogP contribution in [0.5, 0.6) is 0 Å². The van der Waals surface area contributed by atoms with Crippen molar-refractivity contribution in [2.75, 3.05) is 25.0 Å². The average Bonchev–Trinajstić information content (AvgIpc) is 2.57. The molecule has 1 aromatic carbocycles. The van der Waals surface area contributed by atoms with E-state index in [0.29, 0.717) is 19.7 Å². The van der Waals surface area contributed by atoms with Gasteiger partial charge in [-0.15, -0.1) is 0 Å². The van der Waals surface area contributed by atoms with Crippen LogP contribution in [0.3, 0.4) is 0 Å². The highest BCUT2D eigenvalue weighted by Crippen LogP contribution is 2.21. The number of nitrogens with one attached hydrogen (secondary N) is 1. The van der Waals surface area contributed by atoms with Gasteiger partial charge in [-0.05, 0) is 45.4 Å². The van der Waals surface area contributed by atoms with Gasteiger partial charge in [-0.1, -0.05) is 0 Å². The summed E-state index contributed by atoms with van der Waals surface area (Å²) >= 11 is 0. The fourth-order valence-electron chi connectivity index (χ4n) is 2.81. The SMILES string of the molecule is CCOC(=O)[C@H]1CCCN([C@@H](C)C(=O)Nc2cc(F)ccc2F)C1. The first-order valence-electron chi connectivity index (χ1n) is 8.09. The van der Waals surface area contributed by atoms with Gasteiger partial charge in [0.05, 0.1) is 24.3 Å². The summed E-state index contributed by atoms with van der Waals surface area (Å²) in [6, 6.07) is 2.33. The second kappa shape index (κ2) is 8.19. The Bertz CT molecular complexity index is 609. The minimum absolute atomic E-state index is 0.189. The summed E-state index contributed by atoms with van der Waals surface area (Å²) in [5, 5.41) is 2.41. The number of rotatable bonds is 5. The summed E-state index contributed by atoms with van der Waals surface area (Å²) in [7, 11) is 0. The van der Waals surface area contributed by atoms with Gasteiger partial charge in [-0.25, -0.2) is 8.78 Å². The molecule has 1 aromatic rings. The summed E-state index contributed by atoms with van der Waals surface area (Å²) in [6.45, 7) is 4.83. The zero-order chi connectivity index (χ0) is 17.7. The molecule has 1 amide bonds. The Balaban J connectivity index is 1.99. The van der Waals surface area contributed by atoms with Crippen molar-refractivity contribution >= 4 is 17.6 Å². The maximum absolute atomic E-state index is 13.6. The zero-order valence-corrected chi connectivity index (χ0v) is 13.9. The van der Waals surface area contributed by atoms with Crippen LogP contribution < -0.4 is 5.32 Å². The predicted octanol–water partition coefficient (Wildman–Crippen LogP) is 2.57. The number of ether oxygens (including phenoxy) is 1. The van der Waals surface area contributed by atoms with Crippen LogP contribution in [0.2, 0.25) is 0 Å². The average molecular weight is 340 g/mol. The smallest absolute Gasteiger partial charge is 0.310 e. The van der Waals surface area contributed by atoms with Crippen molar-refractivity contribution in [2.24, 2.45) is 5.92 Å². The van der Waals surface area contributed by atoms with Gasteiger partial charge in [-0.3, -0.25) is 14.5 Å². The Hall–Kier alpha value is -2.02. The second-order valence-corrected chi connectivity index (χ2v) is 5.88. The normalized spacial score (nSPS) is 19.6. The van der Waals surface area contributed by atoms with Crippen molar-refractivity contribution in [3.8, 4) is 0 Å². The minimum Gasteiger partial charge on any atom is -0.466 e. The number of carbonyl (C=O) groups excluding carboxylic acids is 2. The van der Waals surface area contributed by atoms with Crippen LogP contribution >= 0.6 is 0 Å². The van der Waals surface area contributed by atoms with Crippen molar-refractivity contribution in [1.29, 1.82) is 0 Å². The molecule has 0 aliphatic carbocycles. The molecule has 0 radical (unpaired) electrons. The summed E-state index contributed by atoms with van der Waals surface area (Å²) in [5.41, 5.74) is -0.189. The van der Waals surface area contributed by atoms with E-state index in [9.17, 15) is 18.4 Å². The summed E-state index contributed by atoms with van der Waals surface area (Å²) < 4.78 is 31.9. The maximum Gasteiger partial charge on any atom is 0.310 e. The number of piperidine rings is 1. The molecule has 0 spiro atoms. The first-order chi connectivity index (χ1) is 11.4. The molecule has 1 fully saturated rings. The number of anilines is 1. The Morgan fingerprint density at radius 2 is 2.17 bits per heavy atom. The van der Waals surface area contributed by atoms with E-state index >= 15 is 0 Å². The number of nitrogens with zero attached hydrogens (tertiary/aromatic N) is 1. The highest BCUT2D eigenvalue weighted by Gasteiger charge is 2.31. The minimum atomic E-state index is -0.694. The topological polar surface area (TPSA) is 58.6 Å². The number of amides is 1. The highest BCUT2D eigenvalue weighted by atomic mass is 19.1. The van der Waals surface area contributed by atoms with Crippen molar-refractivity contribution in [2.45, 2.75) is 32.7 Å². The van der Waals surface area contributed by atoms with Crippen LogP contribution in [0.25, 0.3) is 0 Å². The third kappa shape index (κ3) is 4.50. The lowest BCUT2D eigenvalue weighted by Crippen LogP contribution is -2.48. The van der Waals surface area contributed by atoms with E-state index < -0.39 is 23.6 Å². The monoisotopic (exact) mass is 340 g/mol. The van der Waals surface area contributed by atoms with E-state index in [-0.39, 0.29) is 17.6 Å². The van der Waals surface area contributed by atoms with Gasteiger partial charge in [0.15, 0.2) is 0 Å². The summed E-state index contributed by atoms with van der Waals surface area (Å²) in [5.74, 6) is -2.28. The summed E-state index contributed by atoms with van der Waals surface area (Å²) in [6.07, 6.45) is 1.50. The number of benzene rings is 1. The molecule has 0 saturated carbocycles. The standard InChI is InChI=1S/C17H22F2N2O3/c1-3-24-17(23)12-5-4-8-21(10-12)11(2)16(22)20-15-9-13(18)6-7-14(15)19/h6-7,9,11-12H,3-5,8,10H2,1-2H3,(H,20,22)/t11-,12-/m0/s1. The van der Waals surface area contributed by atoms with Crippen LogP contribution in [0.15, 0.2) is 18.2 Å². The molecule has 2 atom stereocenters. The highest BCUT2D eigenvalue weighted by molar-refractivity contribution is 5.94. The van der Waals surface area contributed by atoms with Crippen molar-refractivity contribution in [3.63, 3.8) is 0 Å². The maximum atomic E-state index is 13.6. The van der Waals surface area contributed by atoms with Crippen LogP contribution in [-0.2, 0) is 14.3 Å². The molecular formula is C17H22F2N2O3. The molecule has 1 aliphatic rings. The number of halogens is 2. The van der Waals surface area contributed by atoms with Crippen LogP contribution in [0.4, 0.5) is 14.5 Å². The fourth-order valence-corrected chi connectivity index (χ4v) is 2.81. The van der Waals surface area contributed by atoms with E-state index in [1.807, 2.05) is 4.90 Å². The molecule has 132 valence electrons. The number of carbonyl (C=O) groups is 2. The third-order valence-corrected chi connectivity index (χ3v) is 4.19. The molecule has 1 N–H and O–H groups in total. The van der Waals surface area contributed by atoms with Gasteiger partial charge in [-0.2, -0.15) is 0 Å². The number of hydrogen-bond donors (Lipinski definition) is 1. The van der Waals surface area contributed by atoms with Gasteiger partial charge >= 0.3 is 5.97 Å². The fraction of sp³-hybridized carbons (Fsp3) is 0.529. The quantitative estimate of drug-likeness (QED) is 0.837. The largest absolute Gasteiger partial charge is 0.466 e. The van der Waals surface area contributed by atoms with Gasteiger partial charge in [0.1, 0.15) is 11.6 Å². The Labute approximate surface area is 140 Å². The van der Waals surface area contributed by atoms with Crippen LogP contribution in [-0.4, -0.2) is 42.5 Å². The first kappa shape index (κ1) is 18.3. The molecule has 0 unspecified atom stereocenters. The Morgan fingerprint density at radius 1 is 1.42 bits per heavy atom. The molecule has 0 aromatic heterocycles. The van der Waals surface area contributed by atoms with Gasteiger partial charge in [0.2, 0.25) is 5.91 Å². The number of esters is 1. The van der Waals surface area contributed by atoms with E-state index in [1.165, 1.54) is 0 Å². The second-order valence-electron chi connectivity index (χ2n) is 5.88. The lowest BCUT2D eigenvalue weighted by Gasteiger charge is -2.35. The van der Waals surface area contributed by atoms with Gasteiger partial charge < -0.3 is 10.1 Å². The van der Waals surface area contributed by atoms with E-state index in [1.54, 1.807) is 13.8 Å². The zero-order valence-electron chi connectivity index (χ0n) is 13.9. The van der Waals surface area contributed by atoms with Gasteiger partial charge in [0.25, 0.3) is 0 Å². The number of likely N-dealkylation sites (tertiary alicyclic amines) is 1. The Kier molecular flexibility index (Phi) is 6.25. The third-order valence-electron chi connectivity index (χ3n) is 4.19. The van der Waals surface area contributed by atoms with Crippen molar-refractivity contribution < 1.29 is 23.1 Å². The molecule has 5 nitrogen and oxygen atoms in total. The lowest BCUT2D eigenvalue weighted by atomic mass is 9.97. The van der Waals surface area contributed by atoms with Crippen molar-refractivity contribution in [3.05, 3.63) is 29.8 Å². The molecule has 1 saturated heterocycles. The number of hydrogen-bond acceptors (Lipinski definition) is 4. The molecule has 2 rings (SSSR count). The Morgan fingerprint density at radius 3 is 2.88 bits per heavy atom. The lowest BCUT2D eigenvalue weighted by molar-refractivity contribution is -0.150. The van der Waals surface area contributed by atoms with Crippen LogP contribution in [0, 0.1) is 17.6 Å². The molecule has 7 heteroatoms. The van der Waals surface area contributed by atoms with Gasteiger partial charge in [0, 0.05) is 12.6 Å². The molecule has 1 aliphatic heterocycles. The van der Waals surface area contributed by atoms with E-state index in [4.69, 9.17) is 4.74 Å². The molecule has 0 bridgehead atoms. The van der Waals surface area contributed by atoms with Crippen molar-refractivity contribution in [1.82, 2.24) is 4.90 Å². The first-order valence-corrected chi connectivity index (χ1v) is 8.09.